The van der Waals surface area contributed by atoms with Gasteiger partial charge in [0.15, 0.2) is 5.65 Å². The topological polar surface area (TPSA) is 47.8 Å². The van der Waals surface area contributed by atoms with Crippen LogP contribution in [-0.4, -0.2) is 14.5 Å². The molecule has 2 heterocycles. The Morgan fingerprint density at radius 3 is 2.52 bits per heavy atom. The molecule has 2 aromatic heterocycles. The maximum Gasteiger partial charge on any atom is 0.278 e. The highest BCUT2D eigenvalue weighted by Gasteiger charge is 2.15. The molecule has 0 saturated carbocycles. The van der Waals surface area contributed by atoms with Crippen LogP contribution < -0.4 is 5.56 Å². The third-order valence-electron chi connectivity index (χ3n) is 3.28. The summed E-state index contributed by atoms with van der Waals surface area (Å²) >= 11 is 0. The van der Waals surface area contributed by atoms with Crippen LogP contribution in [0.25, 0.3) is 22.4 Å². The molecule has 0 aliphatic rings. The summed E-state index contributed by atoms with van der Waals surface area (Å²) in [5.74, 6) is -0.342. The zero-order valence-electron chi connectivity index (χ0n) is 11.7. The molecule has 0 N–H and O–H groups in total. The Labute approximate surface area is 120 Å². The zero-order chi connectivity index (χ0) is 15.0. The lowest BCUT2D eigenvalue weighted by molar-refractivity contribution is 0.593. The number of nitrogens with zero attached hydrogens (tertiary/aromatic N) is 3. The molecule has 3 aromatic rings. The summed E-state index contributed by atoms with van der Waals surface area (Å²) in [4.78, 5) is 21.3. The van der Waals surface area contributed by atoms with Crippen LogP contribution in [-0.2, 0) is 0 Å². The van der Waals surface area contributed by atoms with Gasteiger partial charge in [-0.1, -0.05) is 0 Å². The monoisotopic (exact) mass is 283 g/mol. The number of hydrogen-bond donors (Lipinski definition) is 0. The number of benzene rings is 1. The van der Waals surface area contributed by atoms with Gasteiger partial charge in [-0.15, -0.1) is 0 Å². The molecule has 106 valence electrons. The van der Waals surface area contributed by atoms with E-state index < -0.39 is 0 Å². The van der Waals surface area contributed by atoms with Gasteiger partial charge in [0.25, 0.3) is 5.56 Å². The summed E-state index contributed by atoms with van der Waals surface area (Å²) in [7, 11) is 0. The van der Waals surface area contributed by atoms with Gasteiger partial charge in [0, 0.05) is 17.8 Å². The second-order valence-corrected chi connectivity index (χ2v) is 5.08. The average Bonchev–Trinajstić information content (AvgIpc) is 2.47. The first kappa shape index (κ1) is 13.4. The number of pyridine rings is 1. The van der Waals surface area contributed by atoms with E-state index in [1.165, 1.54) is 12.1 Å². The molecule has 0 aliphatic heterocycles. The highest BCUT2D eigenvalue weighted by molar-refractivity contribution is 5.74. The van der Waals surface area contributed by atoms with Crippen LogP contribution in [0.1, 0.15) is 19.9 Å². The zero-order valence-corrected chi connectivity index (χ0v) is 11.7. The maximum absolute atomic E-state index is 13.0. The Balaban J connectivity index is 2.36. The van der Waals surface area contributed by atoms with Crippen molar-refractivity contribution >= 4 is 11.2 Å². The van der Waals surface area contributed by atoms with Crippen molar-refractivity contribution in [2.45, 2.75) is 19.9 Å². The fourth-order valence-electron chi connectivity index (χ4n) is 2.31. The van der Waals surface area contributed by atoms with Crippen molar-refractivity contribution in [3.05, 3.63) is 58.8 Å². The van der Waals surface area contributed by atoms with E-state index in [1.54, 1.807) is 29.0 Å². The Morgan fingerprint density at radius 2 is 1.86 bits per heavy atom. The van der Waals surface area contributed by atoms with Crippen molar-refractivity contribution in [2.75, 3.05) is 0 Å². The molecule has 0 amide bonds. The minimum atomic E-state index is -0.342. The minimum absolute atomic E-state index is 0.0444. The van der Waals surface area contributed by atoms with Crippen molar-refractivity contribution in [3.63, 3.8) is 0 Å². The van der Waals surface area contributed by atoms with Gasteiger partial charge in [0.05, 0.1) is 0 Å². The van der Waals surface area contributed by atoms with Crippen LogP contribution in [0.15, 0.2) is 47.4 Å². The molecule has 0 aliphatic carbocycles. The molecule has 3 rings (SSSR count). The first-order valence-corrected chi connectivity index (χ1v) is 6.71. The van der Waals surface area contributed by atoms with E-state index in [4.69, 9.17) is 0 Å². The van der Waals surface area contributed by atoms with Crippen LogP contribution >= 0.6 is 0 Å². The predicted molar refractivity (Wildman–Crippen MR) is 79.6 cm³/mol. The van der Waals surface area contributed by atoms with E-state index in [9.17, 15) is 9.18 Å². The summed E-state index contributed by atoms with van der Waals surface area (Å²) in [6.45, 7) is 3.84. The van der Waals surface area contributed by atoms with E-state index in [1.807, 2.05) is 19.9 Å². The molecule has 21 heavy (non-hydrogen) atoms. The molecule has 0 unspecified atom stereocenters. The van der Waals surface area contributed by atoms with Crippen molar-refractivity contribution in [3.8, 4) is 11.3 Å². The summed E-state index contributed by atoms with van der Waals surface area (Å²) in [6, 6.07) is 9.31. The van der Waals surface area contributed by atoms with Crippen LogP contribution in [0.3, 0.4) is 0 Å². The number of halogens is 1. The molecule has 1 aromatic carbocycles. The number of hydrogen-bond acceptors (Lipinski definition) is 3. The van der Waals surface area contributed by atoms with E-state index in [2.05, 4.69) is 9.97 Å². The molecule has 0 atom stereocenters. The van der Waals surface area contributed by atoms with E-state index in [0.29, 0.717) is 22.4 Å². The Morgan fingerprint density at radius 1 is 1.14 bits per heavy atom. The van der Waals surface area contributed by atoms with E-state index >= 15 is 0 Å². The molecule has 0 bridgehead atoms. The molecular weight excluding hydrogens is 269 g/mol. The molecular formula is C16H14FN3O. The third kappa shape index (κ3) is 2.31. The Hall–Kier alpha value is -2.56. The first-order chi connectivity index (χ1) is 10.1. The van der Waals surface area contributed by atoms with Crippen molar-refractivity contribution < 1.29 is 4.39 Å². The second kappa shape index (κ2) is 5.09. The van der Waals surface area contributed by atoms with Crippen molar-refractivity contribution in [2.24, 2.45) is 0 Å². The maximum atomic E-state index is 13.0. The second-order valence-electron chi connectivity index (χ2n) is 5.08. The lowest BCUT2D eigenvalue weighted by Gasteiger charge is -2.14. The Bertz CT molecular complexity index is 854. The van der Waals surface area contributed by atoms with Gasteiger partial charge in [0.2, 0.25) is 0 Å². The average molecular weight is 283 g/mol. The summed E-state index contributed by atoms with van der Waals surface area (Å²) in [5.41, 5.74) is 1.89. The first-order valence-electron chi connectivity index (χ1n) is 6.71. The van der Waals surface area contributed by atoms with Gasteiger partial charge in [-0.3, -0.25) is 9.36 Å². The van der Waals surface area contributed by atoms with Gasteiger partial charge >= 0.3 is 0 Å². The summed E-state index contributed by atoms with van der Waals surface area (Å²) in [6.07, 6.45) is 1.64. The normalized spacial score (nSPS) is 11.2. The standard InChI is InChI=1S/C16H14FN3O/c1-10(2)20-15-13(4-3-9-18-15)19-14(16(20)21)11-5-7-12(17)8-6-11/h3-10H,1-2H3. The van der Waals surface area contributed by atoms with Crippen LogP contribution in [0.2, 0.25) is 0 Å². The molecule has 0 radical (unpaired) electrons. The molecule has 0 fully saturated rings. The number of aromatic nitrogens is 3. The van der Waals surface area contributed by atoms with E-state index in [0.717, 1.165) is 0 Å². The fourth-order valence-corrected chi connectivity index (χ4v) is 2.31. The van der Waals surface area contributed by atoms with Gasteiger partial charge < -0.3 is 0 Å². The molecule has 5 heteroatoms. The van der Waals surface area contributed by atoms with Crippen LogP contribution in [0.4, 0.5) is 4.39 Å². The fraction of sp³-hybridized carbons (Fsp3) is 0.188. The van der Waals surface area contributed by atoms with Gasteiger partial charge in [-0.2, -0.15) is 0 Å². The predicted octanol–water partition coefficient (Wildman–Crippen LogP) is 3.18. The number of rotatable bonds is 2. The SMILES string of the molecule is CC(C)n1c(=O)c(-c2ccc(F)cc2)nc2cccnc21. The summed E-state index contributed by atoms with van der Waals surface area (Å²) in [5, 5.41) is 0. The smallest absolute Gasteiger partial charge is 0.278 e. The summed E-state index contributed by atoms with van der Waals surface area (Å²) < 4.78 is 14.7. The molecule has 4 nitrogen and oxygen atoms in total. The van der Waals surface area contributed by atoms with Crippen LogP contribution in [0, 0.1) is 5.82 Å². The highest BCUT2D eigenvalue weighted by atomic mass is 19.1. The highest BCUT2D eigenvalue weighted by Crippen LogP contribution is 2.18. The van der Waals surface area contributed by atoms with Crippen molar-refractivity contribution in [1.29, 1.82) is 0 Å². The lowest BCUT2D eigenvalue weighted by Crippen LogP contribution is -2.25. The third-order valence-corrected chi connectivity index (χ3v) is 3.28. The van der Waals surface area contributed by atoms with Gasteiger partial charge in [0.1, 0.15) is 17.0 Å². The quantitative estimate of drug-likeness (QED) is 0.725. The minimum Gasteiger partial charge on any atom is -0.287 e. The Kier molecular flexibility index (Phi) is 3.25. The number of fused-ring (bicyclic) bond motifs is 1. The van der Waals surface area contributed by atoms with E-state index in [-0.39, 0.29) is 17.4 Å². The van der Waals surface area contributed by atoms with Crippen LogP contribution in [0.5, 0.6) is 0 Å². The molecule has 0 spiro atoms. The molecule has 0 saturated heterocycles. The van der Waals surface area contributed by atoms with Gasteiger partial charge in [-0.05, 0) is 50.2 Å². The van der Waals surface area contributed by atoms with Crippen molar-refractivity contribution in [1.82, 2.24) is 14.5 Å². The van der Waals surface area contributed by atoms with Gasteiger partial charge in [-0.25, -0.2) is 14.4 Å². The largest absolute Gasteiger partial charge is 0.287 e. The lowest BCUT2D eigenvalue weighted by atomic mass is 10.1.